The molecular weight excluding hydrogens is 1040 g/mol. The Morgan fingerprint density at radius 3 is 1.34 bits per heavy atom. The Morgan fingerprint density at radius 1 is 0.451 bits per heavy atom. The van der Waals surface area contributed by atoms with Gasteiger partial charge in [0.05, 0.1) is 32.0 Å². The summed E-state index contributed by atoms with van der Waals surface area (Å²) in [6.45, 7) is 2.60. The number of ether oxygens (including phenoxy) is 4. The number of carbonyl (C=O) groups is 1. The summed E-state index contributed by atoms with van der Waals surface area (Å²) in [4.78, 5) is 13.3. The van der Waals surface area contributed by atoms with Gasteiger partial charge in [-0.1, -0.05) is 211 Å². The predicted octanol–water partition coefficient (Wildman–Crippen LogP) is 11.3. The number of hydrogen-bond acceptors (Lipinski definition) is 13. The first-order valence-corrected chi connectivity index (χ1v) is 31.1. The minimum atomic E-state index is -1.81. The van der Waals surface area contributed by atoms with Crippen LogP contribution in [0.25, 0.3) is 0 Å². The van der Waals surface area contributed by atoms with Crippen LogP contribution in [0, 0.1) is 0 Å². The first-order valence-electron chi connectivity index (χ1n) is 31.1. The topological polar surface area (TPSA) is 228 Å². The zero-order valence-electron chi connectivity index (χ0n) is 49.9. The van der Waals surface area contributed by atoms with Crippen molar-refractivity contribution in [3.8, 4) is 0 Å². The van der Waals surface area contributed by atoms with Gasteiger partial charge in [-0.2, -0.15) is 0 Å². The lowest BCUT2D eigenvalue weighted by molar-refractivity contribution is -0.359. The smallest absolute Gasteiger partial charge is 0.220 e. The molecule has 0 radical (unpaired) electrons. The third-order valence-corrected chi connectivity index (χ3v) is 14.0. The second-order valence-corrected chi connectivity index (χ2v) is 21.1. The number of nitrogens with one attached hydrogen (secondary N) is 1. The van der Waals surface area contributed by atoms with Crippen LogP contribution in [0.2, 0.25) is 0 Å². The molecule has 12 atom stereocenters. The lowest BCUT2D eigenvalue weighted by Crippen LogP contribution is -2.65. The quantitative estimate of drug-likeness (QED) is 0.0204. The molecule has 2 aliphatic heterocycles. The minimum absolute atomic E-state index is 0.179. The van der Waals surface area contributed by atoms with Crippen LogP contribution in [0.1, 0.15) is 181 Å². The fourth-order valence-corrected chi connectivity index (χ4v) is 9.03. The van der Waals surface area contributed by atoms with Gasteiger partial charge in [0.1, 0.15) is 48.8 Å². The van der Waals surface area contributed by atoms with E-state index in [-0.39, 0.29) is 18.9 Å². The highest BCUT2D eigenvalue weighted by molar-refractivity contribution is 5.76. The van der Waals surface area contributed by atoms with Gasteiger partial charge in [-0.25, -0.2) is 0 Å². The summed E-state index contributed by atoms with van der Waals surface area (Å²) in [5, 5.41) is 87.1. The van der Waals surface area contributed by atoms with E-state index < -0.39 is 86.8 Å². The Balaban J connectivity index is 1.80. The van der Waals surface area contributed by atoms with Gasteiger partial charge < -0.3 is 65.1 Å². The van der Waals surface area contributed by atoms with Crippen LogP contribution < -0.4 is 5.32 Å². The van der Waals surface area contributed by atoms with E-state index in [2.05, 4.69) is 147 Å². The van der Waals surface area contributed by atoms with Crippen molar-refractivity contribution in [2.75, 3.05) is 19.8 Å². The molecule has 0 aromatic heterocycles. The van der Waals surface area contributed by atoms with Crippen LogP contribution in [0.3, 0.4) is 0 Å². The van der Waals surface area contributed by atoms with E-state index in [1.165, 1.54) is 57.8 Å². The van der Waals surface area contributed by atoms with Gasteiger partial charge in [-0.15, -0.1) is 0 Å². The number of unbranched alkanes of at least 4 members (excludes halogenated alkanes) is 12. The number of aliphatic hydroxyl groups is 8. The summed E-state index contributed by atoms with van der Waals surface area (Å²) in [6, 6.07) is -0.981. The molecule has 1 amide bonds. The van der Waals surface area contributed by atoms with Crippen LogP contribution in [-0.4, -0.2) is 140 Å². The Kier molecular flexibility index (Phi) is 46.3. The van der Waals surface area contributed by atoms with E-state index in [0.29, 0.717) is 19.3 Å². The zero-order valence-corrected chi connectivity index (χ0v) is 49.9. The molecule has 2 fully saturated rings. The van der Waals surface area contributed by atoms with Gasteiger partial charge in [0.25, 0.3) is 0 Å². The van der Waals surface area contributed by atoms with Gasteiger partial charge in [0.2, 0.25) is 5.91 Å². The molecule has 12 unspecified atom stereocenters. The number of hydrogen-bond donors (Lipinski definition) is 9. The maximum Gasteiger partial charge on any atom is 0.220 e. The molecule has 14 nitrogen and oxygen atoms in total. The molecule has 2 aliphatic rings. The largest absolute Gasteiger partial charge is 0.394 e. The monoisotopic (exact) mass is 1150 g/mol. The van der Waals surface area contributed by atoms with Crippen molar-refractivity contribution in [2.45, 2.75) is 254 Å². The third-order valence-electron chi connectivity index (χ3n) is 14.0. The molecule has 2 rings (SSSR count). The van der Waals surface area contributed by atoms with Gasteiger partial charge in [0.15, 0.2) is 12.6 Å². The summed E-state index contributed by atoms with van der Waals surface area (Å²) in [5.41, 5.74) is 0. The number of allylic oxidation sites excluding steroid dienone is 23. The van der Waals surface area contributed by atoms with E-state index >= 15 is 0 Å². The molecule has 2 saturated heterocycles. The summed E-state index contributed by atoms with van der Waals surface area (Å²) >= 11 is 0. The van der Waals surface area contributed by atoms with E-state index in [9.17, 15) is 45.6 Å². The molecule has 0 aromatic rings. The third kappa shape index (κ3) is 35.9. The van der Waals surface area contributed by atoms with Crippen LogP contribution in [0.15, 0.2) is 146 Å². The Hall–Kier alpha value is -4.13. The fraction of sp³-hybridized carbons (Fsp3) is 0.632. The maximum atomic E-state index is 13.3. The molecule has 464 valence electrons. The standard InChI is InChI=1S/C68H109NO13/c1-3-5-7-9-11-13-15-17-19-21-23-24-25-26-27-28-29-30-31-32-34-36-38-40-42-44-46-48-50-52-60(73)69-56(57(72)51-49-47-45-43-41-39-37-35-33-22-20-18-16-14-12-10-8-6-4-2)55-79-67-65(78)63(76)66(59(54-71)81-67)82-68-64(77)62(75)61(74)58(53-70)80-68/h5,7,11,13,17,19,23-24,26-27,29-30,32-35,38,40-41,43-44,46,49,51,56-59,61-68,70-72,74-78H,3-4,6,8-10,12,14-16,18,20-22,25,28,31,36-37,39,42,45,47-48,50,52-55H2,1-2H3,(H,69,73)/b7-5-,13-11-,19-17-,24-23-,27-26-,30-29-,34-32-,35-33+,40-38-,43-41+,46-44-,51-49+. The Morgan fingerprint density at radius 2 is 0.854 bits per heavy atom. The second-order valence-electron chi connectivity index (χ2n) is 21.1. The van der Waals surface area contributed by atoms with Crippen molar-refractivity contribution < 1.29 is 64.6 Å². The molecule has 0 spiro atoms. The number of rotatable bonds is 47. The highest BCUT2D eigenvalue weighted by Gasteiger charge is 2.51. The van der Waals surface area contributed by atoms with E-state index in [4.69, 9.17) is 18.9 Å². The minimum Gasteiger partial charge on any atom is -0.394 e. The number of carbonyl (C=O) groups excluding carboxylic acids is 1. The highest BCUT2D eigenvalue weighted by atomic mass is 16.7. The molecule has 82 heavy (non-hydrogen) atoms. The zero-order chi connectivity index (χ0) is 59.5. The first kappa shape index (κ1) is 74.0. The van der Waals surface area contributed by atoms with Crippen LogP contribution in [0.5, 0.6) is 0 Å². The molecule has 0 aromatic carbocycles. The molecule has 0 aliphatic carbocycles. The summed E-state index contributed by atoms with van der Waals surface area (Å²) < 4.78 is 22.7. The molecule has 9 N–H and O–H groups in total. The summed E-state index contributed by atoms with van der Waals surface area (Å²) in [6.07, 6.45) is 60.3. The SMILES string of the molecule is CC/C=C\C/C=C\C/C=C\C/C=C\C/C=C\C/C=C\C/C=C\C/C=C\C/C=C\CCCC(=O)NC(COC1OC(CO)C(OC2OC(CO)C(O)C(O)C2O)C(O)C1O)C(O)/C=C/CC/C=C/CC/C=C/CCCCCCCCCCC. The number of amides is 1. The van der Waals surface area contributed by atoms with Gasteiger partial charge in [-0.05, 0) is 109 Å². The fourth-order valence-electron chi connectivity index (χ4n) is 9.03. The number of aliphatic hydroxyl groups excluding tert-OH is 8. The maximum absolute atomic E-state index is 13.3. The van der Waals surface area contributed by atoms with Crippen molar-refractivity contribution in [3.63, 3.8) is 0 Å². The van der Waals surface area contributed by atoms with Crippen molar-refractivity contribution in [3.05, 3.63) is 146 Å². The molecule has 0 bridgehead atoms. The second kappa shape index (κ2) is 51.3. The van der Waals surface area contributed by atoms with E-state index in [1.54, 1.807) is 6.08 Å². The van der Waals surface area contributed by atoms with Crippen molar-refractivity contribution in [1.82, 2.24) is 5.32 Å². The molecular formula is C68H109NO13. The molecule has 0 saturated carbocycles. The molecule has 14 heteroatoms. The van der Waals surface area contributed by atoms with Gasteiger partial charge in [0, 0.05) is 6.42 Å². The van der Waals surface area contributed by atoms with Crippen molar-refractivity contribution >= 4 is 5.91 Å². The Labute approximate surface area is 493 Å². The Bertz CT molecular complexity index is 1930. The predicted molar refractivity (Wildman–Crippen MR) is 331 cm³/mol. The van der Waals surface area contributed by atoms with Crippen LogP contribution in [-0.2, 0) is 23.7 Å². The van der Waals surface area contributed by atoms with Crippen LogP contribution in [0.4, 0.5) is 0 Å². The van der Waals surface area contributed by atoms with Crippen molar-refractivity contribution in [1.29, 1.82) is 0 Å². The summed E-state index contributed by atoms with van der Waals surface area (Å²) in [7, 11) is 0. The van der Waals surface area contributed by atoms with Gasteiger partial charge in [-0.3, -0.25) is 4.79 Å². The lowest BCUT2D eigenvalue weighted by atomic mass is 9.97. The van der Waals surface area contributed by atoms with Crippen LogP contribution >= 0.6 is 0 Å². The molecule has 2 heterocycles. The van der Waals surface area contributed by atoms with E-state index in [1.807, 2.05) is 12.2 Å². The normalized spacial score (nSPS) is 25.0. The lowest BCUT2D eigenvalue weighted by Gasteiger charge is -2.46. The van der Waals surface area contributed by atoms with E-state index in [0.717, 1.165) is 83.5 Å². The summed E-state index contributed by atoms with van der Waals surface area (Å²) in [5.74, 6) is -0.318. The van der Waals surface area contributed by atoms with Gasteiger partial charge >= 0.3 is 0 Å². The average molecular weight is 1150 g/mol. The average Bonchev–Trinajstić information content (AvgIpc) is 3.65. The van der Waals surface area contributed by atoms with Crippen molar-refractivity contribution in [2.24, 2.45) is 0 Å². The first-order chi connectivity index (χ1) is 40.1. The highest BCUT2D eigenvalue weighted by Crippen LogP contribution is 2.30.